The van der Waals surface area contributed by atoms with Crippen molar-refractivity contribution >= 4 is 5.78 Å². The van der Waals surface area contributed by atoms with Crippen molar-refractivity contribution in [2.45, 2.75) is 26.2 Å². The summed E-state index contributed by atoms with van der Waals surface area (Å²) in [6, 6.07) is 0. The first-order valence-electron chi connectivity index (χ1n) is 4.26. The zero-order valence-corrected chi connectivity index (χ0v) is 7.62. The summed E-state index contributed by atoms with van der Waals surface area (Å²) in [5.41, 5.74) is 0.667. The summed E-state index contributed by atoms with van der Waals surface area (Å²) in [6.45, 7) is 1.65. The van der Waals surface area contributed by atoms with Gasteiger partial charge in [-0.05, 0) is 13.3 Å². The van der Waals surface area contributed by atoms with E-state index in [9.17, 15) is 4.79 Å². The first kappa shape index (κ1) is 9.92. The number of ketones is 1. The fraction of sp³-hybridized carbons (Fsp3) is 0.556. The Balaban J connectivity index is 2.48. The average Bonchev–Trinajstić information content (AvgIpc) is 2.48. The van der Waals surface area contributed by atoms with Crippen LogP contribution in [-0.4, -0.2) is 22.5 Å². The molecule has 1 rings (SSSR count). The first-order chi connectivity index (χ1) is 6.22. The van der Waals surface area contributed by atoms with Crippen LogP contribution >= 0.6 is 0 Å². The third-order valence-electron chi connectivity index (χ3n) is 1.58. The second-order valence-electron chi connectivity index (χ2n) is 2.94. The van der Waals surface area contributed by atoms with E-state index < -0.39 is 0 Å². The molecule has 13 heavy (non-hydrogen) atoms. The number of hydrogen-bond acceptors (Lipinski definition) is 4. The van der Waals surface area contributed by atoms with Gasteiger partial charge in [0.15, 0.2) is 5.89 Å². The third-order valence-corrected chi connectivity index (χ3v) is 1.58. The van der Waals surface area contributed by atoms with Gasteiger partial charge in [-0.15, -0.1) is 0 Å². The van der Waals surface area contributed by atoms with Gasteiger partial charge in [0.05, 0.1) is 12.1 Å². The van der Waals surface area contributed by atoms with Gasteiger partial charge in [-0.25, -0.2) is 4.98 Å². The maximum Gasteiger partial charge on any atom is 0.194 e. The van der Waals surface area contributed by atoms with Gasteiger partial charge in [-0.1, -0.05) is 0 Å². The van der Waals surface area contributed by atoms with E-state index in [1.54, 1.807) is 0 Å². The van der Waals surface area contributed by atoms with Crippen LogP contribution in [0.1, 0.15) is 24.9 Å². The van der Waals surface area contributed by atoms with Crippen LogP contribution in [0.3, 0.4) is 0 Å². The fourth-order valence-electron chi connectivity index (χ4n) is 1.03. The van der Waals surface area contributed by atoms with Gasteiger partial charge in [-0.2, -0.15) is 0 Å². The first-order valence-corrected chi connectivity index (χ1v) is 4.26. The predicted molar refractivity (Wildman–Crippen MR) is 46.3 cm³/mol. The molecule has 0 atom stereocenters. The van der Waals surface area contributed by atoms with E-state index in [1.807, 2.05) is 0 Å². The smallest absolute Gasteiger partial charge is 0.194 e. The molecule has 1 aromatic rings. The molecular formula is C9H13NO3. The lowest BCUT2D eigenvalue weighted by Crippen LogP contribution is -1.97. The quantitative estimate of drug-likeness (QED) is 0.731. The van der Waals surface area contributed by atoms with Gasteiger partial charge in [0.25, 0.3) is 0 Å². The second-order valence-corrected chi connectivity index (χ2v) is 2.94. The van der Waals surface area contributed by atoms with Crippen LogP contribution in [0.2, 0.25) is 0 Å². The lowest BCUT2D eigenvalue weighted by molar-refractivity contribution is -0.116. The fourth-order valence-corrected chi connectivity index (χ4v) is 1.03. The highest BCUT2D eigenvalue weighted by molar-refractivity contribution is 5.77. The minimum Gasteiger partial charge on any atom is -0.449 e. The number of carbonyl (C=O) groups is 1. The molecule has 0 fully saturated rings. The van der Waals surface area contributed by atoms with E-state index >= 15 is 0 Å². The highest BCUT2D eigenvalue weighted by Gasteiger charge is 2.05. The molecule has 0 saturated carbocycles. The van der Waals surface area contributed by atoms with Gasteiger partial charge in [0.2, 0.25) is 0 Å². The van der Waals surface area contributed by atoms with E-state index in [2.05, 4.69) is 4.98 Å². The summed E-state index contributed by atoms with van der Waals surface area (Å²) in [6.07, 6.45) is 3.07. The Hall–Kier alpha value is -1.16. The lowest BCUT2D eigenvalue weighted by atomic mass is 10.2. The molecule has 0 aromatic carbocycles. The molecule has 0 saturated heterocycles. The van der Waals surface area contributed by atoms with Crippen molar-refractivity contribution in [2.75, 3.05) is 6.61 Å². The van der Waals surface area contributed by atoms with Crippen molar-refractivity contribution in [3.8, 4) is 0 Å². The summed E-state index contributed by atoms with van der Waals surface area (Å²) in [7, 11) is 0. The number of hydrogen-bond donors (Lipinski definition) is 1. The maximum absolute atomic E-state index is 10.7. The molecule has 1 heterocycles. The van der Waals surface area contributed by atoms with Crippen LogP contribution in [0.15, 0.2) is 10.7 Å². The Kier molecular flexibility index (Phi) is 3.64. The van der Waals surface area contributed by atoms with Crippen molar-refractivity contribution in [2.24, 2.45) is 0 Å². The van der Waals surface area contributed by atoms with Gasteiger partial charge in [0, 0.05) is 13.0 Å². The van der Waals surface area contributed by atoms with Crippen molar-refractivity contribution in [1.29, 1.82) is 0 Å². The molecule has 0 aliphatic heterocycles. The molecule has 0 bridgehead atoms. The molecule has 4 nitrogen and oxygen atoms in total. The normalized spacial score (nSPS) is 10.3. The monoisotopic (exact) mass is 183 g/mol. The highest BCUT2D eigenvalue weighted by Crippen LogP contribution is 2.05. The van der Waals surface area contributed by atoms with Crippen LogP contribution in [0.5, 0.6) is 0 Å². The minimum absolute atomic E-state index is 0.0713. The molecule has 4 heteroatoms. The van der Waals surface area contributed by atoms with E-state index in [-0.39, 0.29) is 12.4 Å². The van der Waals surface area contributed by atoms with E-state index in [1.165, 1.54) is 13.2 Å². The second kappa shape index (κ2) is 4.77. The Morgan fingerprint density at radius 2 is 2.46 bits per heavy atom. The van der Waals surface area contributed by atoms with Crippen molar-refractivity contribution in [1.82, 2.24) is 4.98 Å². The third kappa shape index (κ3) is 3.38. The minimum atomic E-state index is 0.0713. The zero-order chi connectivity index (χ0) is 9.68. The number of rotatable bonds is 5. The van der Waals surface area contributed by atoms with Gasteiger partial charge < -0.3 is 9.52 Å². The maximum atomic E-state index is 10.7. The van der Waals surface area contributed by atoms with Crippen LogP contribution in [-0.2, 0) is 17.6 Å². The molecule has 0 radical (unpaired) electrons. The molecular weight excluding hydrogens is 170 g/mol. The van der Waals surface area contributed by atoms with E-state index in [0.29, 0.717) is 30.8 Å². The average molecular weight is 183 g/mol. The van der Waals surface area contributed by atoms with Crippen LogP contribution in [0.4, 0.5) is 0 Å². The van der Waals surface area contributed by atoms with Crippen LogP contribution < -0.4 is 0 Å². The topological polar surface area (TPSA) is 63.3 Å². The van der Waals surface area contributed by atoms with Crippen molar-refractivity contribution < 1.29 is 14.3 Å². The number of aryl methyl sites for hydroxylation is 1. The highest BCUT2D eigenvalue weighted by atomic mass is 16.3. The molecule has 72 valence electrons. The van der Waals surface area contributed by atoms with Gasteiger partial charge >= 0.3 is 0 Å². The standard InChI is InChI=1S/C9H13NO3/c1-7(12)5-8-6-13-9(10-8)3-2-4-11/h6,11H,2-5H2,1H3. The Morgan fingerprint density at radius 3 is 3.08 bits per heavy atom. The molecule has 0 aliphatic carbocycles. The van der Waals surface area contributed by atoms with Gasteiger partial charge in [-0.3, -0.25) is 4.79 Å². The SMILES string of the molecule is CC(=O)Cc1coc(CCCO)n1. The number of oxazole rings is 1. The van der Waals surface area contributed by atoms with Crippen LogP contribution in [0.25, 0.3) is 0 Å². The largest absolute Gasteiger partial charge is 0.449 e. The molecule has 0 spiro atoms. The summed E-state index contributed by atoms with van der Waals surface area (Å²) in [5.74, 6) is 0.660. The number of nitrogens with zero attached hydrogens (tertiary/aromatic N) is 1. The molecule has 1 N–H and O–H groups in total. The van der Waals surface area contributed by atoms with Gasteiger partial charge in [0.1, 0.15) is 12.0 Å². The summed E-state index contributed by atoms with van der Waals surface area (Å²) >= 11 is 0. The molecule has 0 aliphatic rings. The number of carbonyl (C=O) groups excluding carboxylic acids is 1. The van der Waals surface area contributed by atoms with Crippen molar-refractivity contribution in [3.63, 3.8) is 0 Å². The summed E-state index contributed by atoms with van der Waals surface area (Å²) in [4.78, 5) is 14.8. The summed E-state index contributed by atoms with van der Waals surface area (Å²) in [5, 5.41) is 8.56. The van der Waals surface area contributed by atoms with Crippen molar-refractivity contribution in [3.05, 3.63) is 17.8 Å². The molecule has 0 amide bonds. The number of aliphatic hydroxyl groups excluding tert-OH is 1. The van der Waals surface area contributed by atoms with Crippen LogP contribution in [0, 0.1) is 0 Å². The number of Topliss-reactive ketones (excluding diaryl/α,β-unsaturated/α-hetero) is 1. The predicted octanol–water partition coefficient (Wildman–Crippen LogP) is 0.731. The number of aromatic nitrogens is 1. The Morgan fingerprint density at radius 1 is 1.69 bits per heavy atom. The number of aliphatic hydroxyl groups is 1. The van der Waals surface area contributed by atoms with E-state index in [4.69, 9.17) is 9.52 Å². The zero-order valence-electron chi connectivity index (χ0n) is 7.62. The van der Waals surface area contributed by atoms with E-state index in [0.717, 1.165) is 0 Å². The summed E-state index contributed by atoms with van der Waals surface area (Å²) < 4.78 is 5.09. The Labute approximate surface area is 76.6 Å². The Bertz CT molecular complexity index is 280. The molecule has 0 unspecified atom stereocenters. The molecule has 1 aromatic heterocycles. The lowest BCUT2D eigenvalue weighted by Gasteiger charge is -1.89.